The molecule has 16 heavy (non-hydrogen) atoms. The third kappa shape index (κ3) is 1.25. The number of fused-ring (bicyclic) bond motifs is 2. The summed E-state index contributed by atoms with van der Waals surface area (Å²) in [5.41, 5.74) is 0.876. The summed E-state index contributed by atoms with van der Waals surface area (Å²) in [7, 11) is 0. The molecule has 2 aliphatic heterocycles. The number of rotatable bonds is 0. The first-order valence-electron chi connectivity index (χ1n) is 4.72. The van der Waals surface area contributed by atoms with Crippen molar-refractivity contribution in [3.63, 3.8) is 0 Å². The second-order valence-corrected chi connectivity index (χ2v) is 4.43. The summed E-state index contributed by atoms with van der Waals surface area (Å²) in [4.78, 5) is 26.0. The number of benzene rings is 1. The van der Waals surface area contributed by atoms with Gasteiger partial charge < -0.3 is 4.74 Å². The van der Waals surface area contributed by atoms with Crippen LogP contribution in [-0.4, -0.2) is 22.7 Å². The average Bonchev–Trinajstić information content (AvgIpc) is 2.74. The third-order valence-electron chi connectivity index (χ3n) is 2.46. The first-order chi connectivity index (χ1) is 7.77. The lowest BCUT2D eigenvalue weighted by Crippen LogP contribution is -2.29. The summed E-state index contributed by atoms with van der Waals surface area (Å²) in [5.74, 6) is -0.183. The van der Waals surface area contributed by atoms with Gasteiger partial charge in [-0.2, -0.15) is 0 Å². The molecule has 4 nitrogen and oxygen atoms in total. The van der Waals surface area contributed by atoms with Crippen molar-refractivity contribution in [3.05, 3.63) is 41.8 Å². The van der Waals surface area contributed by atoms with Crippen LogP contribution in [0.15, 0.2) is 41.1 Å². The van der Waals surface area contributed by atoms with E-state index in [0.717, 1.165) is 11.8 Å². The summed E-state index contributed by atoms with van der Waals surface area (Å²) in [5, 5.41) is -0.157. The number of hydrogen-bond acceptors (Lipinski definition) is 4. The molecule has 0 fully saturated rings. The zero-order valence-electron chi connectivity index (χ0n) is 8.17. The Labute approximate surface area is 95.9 Å². The topological polar surface area (TPSA) is 46.6 Å². The summed E-state index contributed by atoms with van der Waals surface area (Å²) in [6, 6.07) is 7.10. The normalized spacial score (nSPS) is 18.5. The number of carbonyl (C=O) groups is 2. The monoisotopic (exact) mass is 233 g/mol. The highest BCUT2D eigenvalue weighted by molar-refractivity contribution is 8.14. The highest BCUT2D eigenvalue weighted by Gasteiger charge is 2.34. The molecule has 3 rings (SSSR count). The van der Waals surface area contributed by atoms with Crippen LogP contribution in [0.4, 0.5) is 0 Å². The van der Waals surface area contributed by atoms with Gasteiger partial charge in [-0.1, -0.05) is 12.1 Å². The summed E-state index contributed by atoms with van der Waals surface area (Å²) >= 11 is 1.06. The van der Waals surface area contributed by atoms with Gasteiger partial charge in [0.15, 0.2) is 6.73 Å². The van der Waals surface area contributed by atoms with Gasteiger partial charge in [-0.05, 0) is 23.9 Å². The van der Waals surface area contributed by atoms with Crippen LogP contribution >= 0.6 is 11.8 Å². The van der Waals surface area contributed by atoms with E-state index >= 15 is 0 Å². The molecule has 80 valence electrons. The van der Waals surface area contributed by atoms with E-state index in [9.17, 15) is 9.59 Å². The maximum atomic E-state index is 12.1. The van der Waals surface area contributed by atoms with Crippen molar-refractivity contribution in [1.82, 2.24) is 4.90 Å². The number of ether oxygens (including phenoxy) is 1. The molecule has 0 spiro atoms. The molecule has 0 saturated heterocycles. The van der Waals surface area contributed by atoms with Crippen LogP contribution in [0.3, 0.4) is 0 Å². The van der Waals surface area contributed by atoms with Crippen molar-refractivity contribution < 1.29 is 14.3 Å². The number of nitrogens with zero attached hydrogens (tertiary/aromatic N) is 1. The van der Waals surface area contributed by atoms with Crippen LogP contribution in [0, 0.1) is 0 Å². The maximum absolute atomic E-state index is 12.1. The summed E-state index contributed by atoms with van der Waals surface area (Å²) < 4.78 is 5.01. The van der Waals surface area contributed by atoms with Crippen LogP contribution in [0.2, 0.25) is 0 Å². The van der Waals surface area contributed by atoms with Gasteiger partial charge in [0.1, 0.15) is 12.0 Å². The molecule has 2 heterocycles. The minimum Gasteiger partial charge on any atom is -0.478 e. The molecule has 0 atom stereocenters. The quantitative estimate of drug-likeness (QED) is 0.682. The van der Waals surface area contributed by atoms with Crippen LogP contribution in [0.5, 0.6) is 0 Å². The van der Waals surface area contributed by atoms with Crippen LogP contribution in [0.25, 0.3) is 0 Å². The molecule has 2 aliphatic rings. The molecule has 0 radical (unpaired) electrons. The molecule has 0 bridgehead atoms. The van der Waals surface area contributed by atoms with Crippen LogP contribution in [0.1, 0.15) is 10.4 Å². The Balaban J connectivity index is 2.17. The lowest BCUT2D eigenvalue weighted by molar-refractivity contribution is -0.108. The van der Waals surface area contributed by atoms with E-state index in [-0.39, 0.29) is 17.8 Å². The number of amides is 1. The molecule has 0 aliphatic carbocycles. The molecular weight excluding hydrogens is 226 g/mol. The van der Waals surface area contributed by atoms with E-state index in [1.807, 2.05) is 6.07 Å². The van der Waals surface area contributed by atoms with Crippen molar-refractivity contribution in [2.24, 2.45) is 0 Å². The highest BCUT2D eigenvalue weighted by Crippen LogP contribution is 2.34. The minimum absolute atomic E-state index is 0.120. The molecule has 1 amide bonds. The van der Waals surface area contributed by atoms with E-state index in [1.165, 1.54) is 11.2 Å². The lowest BCUT2D eigenvalue weighted by atomic mass is 10.2. The van der Waals surface area contributed by atoms with E-state index in [1.54, 1.807) is 18.2 Å². The Morgan fingerprint density at radius 3 is 2.94 bits per heavy atom. The second kappa shape index (κ2) is 3.38. The zero-order valence-corrected chi connectivity index (χ0v) is 8.99. The Hall–Kier alpha value is -1.75. The lowest BCUT2D eigenvalue weighted by Gasteiger charge is -2.13. The van der Waals surface area contributed by atoms with Crippen molar-refractivity contribution in [2.45, 2.75) is 4.90 Å². The predicted octanol–water partition coefficient (Wildman–Crippen LogP) is 1.59. The second-order valence-electron chi connectivity index (χ2n) is 3.42. The van der Waals surface area contributed by atoms with E-state index in [4.69, 9.17) is 4.74 Å². The smallest absolute Gasteiger partial charge is 0.262 e. The molecule has 0 unspecified atom stereocenters. The Bertz CT molecular complexity index is 524. The largest absolute Gasteiger partial charge is 0.478 e. The van der Waals surface area contributed by atoms with E-state index in [2.05, 4.69) is 0 Å². The third-order valence-corrected chi connectivity index (χ3v) is 3.43. The first-order valence-corrected chi connectivity index (χ1v) is 5.54. The van der Waals surface area contributed by atoms with Gasteiger partial charge in [-0.25, -0.2) is 0 Å². The SMILES string of the molecule is O=C1Sc2ccccc2C(=O)N2COC=C12. The molecule has 0 aromatic heterocycles. The van der Waals surface area contributed by atoms with Gasteiger partial charge in [-0.15, -0.1) is 0 Å². The number of hydrogen-bond donors (Lipinski definition) is 0. The number of thioether (sulfide) groups is 1. The standard InChI is InChI=1S/C11H7NO3S/c13-10-7-3-1-2-4-9(7)16-11(14)8-5-15-6-12(8)10/h1-5H,6H2. The van der Waals surface area contributed by atoms with Gasteiger partial charge in [0.25, 0.3) is 5.91 Å². The fraction of sp³-hybridized carbons (Fsp3) is 0.0909. The minimum atomic E-state index is -0.183. The fourth-order valence-corrected chi connectivity index (χ4v) is 2.55. The summed E-state index contributed by atoms with van der Waals surface area (Å²) in [6.07, 6.45) is 1.35. The molecule has 5 heteroatoms. The Kier molecular flexibility index (Phi) is 2.00. The van der Waals surface area contributed by atoms with Crippen molar-refractivity contribution >= 4 is 22.8 Å². The van der Waals surface area contributed by atoms with Gasteiger partial charge >= 0.3 is 0 Å². The average molecular weight is 233 g/mol. The van der Waals surface area contributed by atoms with Gasteiger partial charge in [0.05, 0.1) is 5.56 Å². The van der Waals surface area contributed by atoms with E-state index < -0.39 is 0 Å². The van der Waals surface area contributed by atoms with Gasteiger partial charge in [0, 0.05) is 4.90 Å². The predicted molar refractivity (Wildman–Crippen MR) is 57.5 cm³/mol. The Morgan fingerprint density at radius 2 is 2.06 bits per heavy atom. The fourth-order valence-electron chi connectivity index (χ4n) is 1.68. The van der Waals surface area contributed by atoms with Crippen molar-refractivity contribution in [3.8, 4) is 0 Å². The van der Waals surface area contributed by atoms with E-state index in [0.29, 0.717) is 16.2 Å². The molecule has 1 aromatic carbocycles. The number of carbonyl (C=O) groups excluding carboxylic acids is 2. The molecule has 1 aromatic rings. The van der Waals surface area contributed by atoms with Gasteiger partial charge in [0.2, 0.25) is 5.12 Å². The molecular formula is C11H7NO3S. The molecule has 0 N–H and O–H groups in total. The Morgan fingerprint density at radius 1 is 1.25 bits per heavy atom. The zero-order chi connectivity index (χ0) is 11.1. The molecule has 0 saturated carbocycles. The van der Waals surface area contributed by atoms with Crippen molar-refractivity contribution in [1.29, 1.82) is 0 Å². The van der Waals surface area contributed by atoms with Crippen LogP contribution < -0.4 is 0 Å². The van der Waals surface area contributed by atoms with Crippen molar-refractivity contribution in [2.75, 3.05) is 6.73 Å². The van der Waals surface area contributed by atoms with Crippen LogP contribution in [-0.2, 0) is 9.53 Å². The maximum Gasteiger partial charge on any atom is 0.262 e. The summed E-state index contributed by atoms with van der Waals surface area (Å²) in [6.45, 7) is 0.120. The first kappa shape index (κ1) is 9.47. The highest BCUT2D eigenvalue weighted by atomic mass is 32.2. The van der Waals surface area contributed by atoms with Gasteiger partial charge in [-0.3, -0.25) is 14.5 Å².